The first-order valence-electron chi connectivity index (χ1n) is 12.7. The van der Waals surface area contributed by atoms with Gasteiger partial charge in [0.25, 0.3) is 0 Å². The molecule has 5 nitrogen and oxygen atoms in total. The molecular formula is C30H34ClINO4S-. The molecular weight excluding hydrogens is 633 g/mol. The quantitative estimate of drug-likeness (QED) is 0.204. The van der Waals surface area contributed by atoms with E-state index in [-0.39, 0.29) is 20.2 Å². The summed E-state index contributed by atoms with van der Waals surface area (Å²) in [5.74, 6) is 1.72. The van der Waals surface area contributed by atoms with E-state index in [9.17, 15) is 9.90 Å². The van der Waals surface area contributed by atoms with Crippen molar-refractivity contribution in [2.24, 2.45) is 0 Å². The molecule has 4 rings (SSSR count). The Balaban J connectivity index is 1.37. The number of nitrogens with zero attached hydrogens (tertiary/aromatic N) is 1. The summed E-state index contributed by atoms with van der Waals surface area (Å²) in [4.78, 5) is 14.9. The van der Waals surface area contributed by atoms with Crippen LogP contribution in [-0.4, -0.2) is 52.6 Å². The molecule has 38 heavy (non-hydrogen) atoms. The van der Waals surface area contributed by atoms with Crippen LogP contribution in [0.25, 0.3) is 0 Å². The number of aliphatic hydroxyl groups is 1. The number of thioether (sulfide) groups is 1. The molecule has 1 aliphatic heterocycles. The normalized spacial score (nSPS) is 19.4. The van der Waals surface area contributed by atoms with Gasteiger partial charge in [0.2, 0.25) is 0 Å². The fourth-order valence-corrected chi connectivity index (χ4v) is 8.43. The number of halogens is 2. The Morgan fingerprint density at radius 2 is 1.95 bits per heavy atom. The van der Waals surface area contributed by atoms with Gasteiger partial charge in [0.15, 0.2) is 0 Å². The second-order valence-electron chi connectivity index (χ2n) is 9.34. The third kappa shape index (κ3) is 8.11. The molecule has 0 aromatic heterocycles. The fraction of sp³-hybridized carbons (Fsp3) is 0.367. The van der Waals surface area contributed by atoms with Gasteiger partial charge >= 0.3 is 246 Å². The van der Waals surface area contributed by atoms with Gasteiger partial charge in [-0.1, -0.05) is 0 Å². The predicted octanol–water partition coefficient (Wildman–Crippen LogP) is 3.41. The number of amides is 1. The van der Waals surface area contributed by atoms with Crippen LogP contribution in [0.2, 0.25) is 5.02 Å². The van der Waals surface area contributed by atoms with Crippen molar-refractivity contribution in [3.8, 4) is 5.75 Å². The zero-order valence-electron chi connectivity index (χ0n) is 21.9. The molecule has 1 heterocycles. The third-order valence-corrected chi connectivity index (χ3v) is 10.6. The van der Waals surface area contributed by atoms with Gasteiger partial charge in [-0.2, -0.15) is 0 Å². The van der Waals surface area contributed by atoms with E-state index in [1.807, 2.05) is 55.5 Å². The number of alkyl halides is 2. The number of rotatable bonds is 10. The van der Waals surface area contributed by atoms with Gasteiger partial charge in [0, 0.05) is 0 Å². The van der Waals surface area contributed by atoms with Crippen molar-refractivity contribution in [3.05, 3.63) is 94.0 Å². The number of ether oxygens (including phenoxy) is 2. The molecule has 3 atom stereocenters. The maximum absolute atomic E-state index is 12.3. The molecule has 3 aromatic rings. The van der Waals surface area contributed by atoms with Gasteiger partial charge in [-0.25, -0.2) is 0 Å². The molecule has 1 aliphatic rings. The van der Waals surface area contributed by atoms with Crippen LogP contribution in [0.4, 0.5) is 0 Å². The van der Waals surface area contributed by atoms with Crippen molar-refractivity contribution in [1.82, 2.24) is 4.90 Å². The summed E-state index contributed by atoms with van der Waals surface area (Å²) < 4.78 is 11.7. The molecule has 0 aliphatic carbocycles. The molecule has 8 heteroatoms. The van der Waals surface area contributed by atoms with Crippen LogP contribution < -0.4 is 25.9 Å². The summed E-state index contributed by atoms with van der Waals surface area (Å²) >= 11 is 7.72. The Morgan fingerprint density at radius 1 is 1.16 bits per heavy atom. The first-order chi connectivity index (χ1) is 18.3. The summed E-state index contributed by atoms with van der Waals surface area (Å²) in [6, 6.07) is 22.0. The first-order valence-corrected chi connectivity index (χ1v) is 16.6. The molecule has 1 amide bonds. The molecule has 0 saturated carbocycles. The van der Waals surface area contributed by atoms with Crippen LogP contribution in [0.3, 0.4) is 0 Å². The Bertz CT molecular complexity index is 1220. The standard InChI is InChI=1S/C30H34ClINO4S/c1-4-36-24-11-8-20(9-12-24)16-23-17-21(10-13-27(23)31)29-32-28(34)19-25(37-29)14-15-38-26-7-5-6-22(18-26)30(35)33(2)3/h5-13,17-18,25,28-29,34H,4,14-16,19H2,1-3H3/q-1/t25-,28?,29+/m1/s1. The number of benzene rings is 3. The van der Waals surface area contributed by atoms with Crippen LogP contribution in [0.15, 0.2) is 71.6 Å². The van der Waals surface area contributed by atoms with E-state index < -0.39 is 21.2 Å². The third-order valence-electron chi connectivity index (χ3n) is 6.19. The van der Waals surface area contributed by atoms with Crippen LogP contribution in [0, 0.1) is 0 Å². The Kier molecular flexibility index (Phi) is 10.8. The van der Waals surface area contributed by atoms with Gasteiger partial charge in [0.1, 0.15) is 0 Å². The maximum atomic E-state index is 12.3. The fourth-order valence-electron chi connectivity index (χ4n) is 4.24. The number of hydrogen-bond acceptors (Lipinski definition) is 5. The van der Waals surface area contributed by atoms with Crippen LogP contribution in [-0.2, 0) is 11.2 Å². The minimum absolute atomic E-state index is 0.00260. The number of carbonyl (C=O) groups excluding carboxylic acids is 1. The SMILES string of the molecule is CCOc1ccc(Cc2cc([C@@H]3O[C@H](CCSc4cccc(C(=O)N(C)C)c4)CC(O)[I-]3)ccc2Cl)cc1. The van der Waals surface area contributed by atoms with Gasteiger partial charge in [-0.15, -0.1) is 0 Å². The zero-order valence-corrected chi connectivity index (χ0v) is 25.6. The molecule has 1 saturated heterocycles. The van der Waals surface area contributed by atoms with Gasteiger partial charge < -0.3 is 0 Å². The second kappa shape index (κ2) is 14.0. The monoisotopic (exact) mass is 666 g/mol. The van der Waals surface area contributed by atoms with Crippen molar-refractivity contribution in [3.63, 3.8) is 0 Å². The molecule has 1 fully saturated rings. The van der Waals surface area contributed by atoms with Crippen molar-refractivity contribution in [2.45, 2.75) is 45.4 Å². The Morgan fingerprint density at radius 3 is 2.68 bits per heavy atom. The van der Waals surface area contributed by atoms with Crippen LogP contribution >= 0.6 is 23.4 Å². The van der Waals surface area contributed by atoms with E-state index in [0.29, 0.717) is 18.6 Å². The Labute approximate surface area is 245 Å². The van der Waals surface area contributed by atoms with E-state index in [2.05, 4.69) is 18.2 Å². The number of carbonyl (C=O) groups is 1. The molecule has 0 spiro atoms. The van der Waals surface area contributed by atoms with Crippen LogP contribution in [0.1, 0.15) is 50.9 Å². The molecule has 0 bridgehead atoms. The van der Waals surface area contributed by atoms with Gasteiger partial charge in [-0.3, -0.25) is 0 Å². The van der Waals surface area contributed by atoms with E-state index in [4.69, 9.17) is 21.1 Å². The molecule has 3 aromatic carbocycles. The summed E-state index contributed by atoms with van der Waals surface area (Å²) in [6.07, 6.45) is 2.23. The number of aliphatic hydroxyl groups excluding tert-OH is 1. The van der Waals surface area contributed by atoms with Crippen molar-refractivity contribution < 1.29 is 40.6 Å². The summed E-state index contributed by atoms with van der Waals surface area (Å²) in [5, 5.41) is 11.4. The van der Waals surface area contributed by atoms with Gasteiger partial charge in [-0.05, 0) is 0 Å². The summed E-state index contributed by atoms with van der Waals surface area (Å²) in [7, 11) is 3.52. The van der Waals surface area contributed by atoms with E-state index in [1.165, 1.54) is 0 Å². The first kappa shape index (κ1) is 29.2. The molecule has 1 unspecified atom stereocenters. The average Bonchev–Trinajstić information content (AvgIpc) is 2.90. The predicted molar refractivity (Wildman–Crippen MR) is 150 cm³/mol. The molecule has 204 valence electrons. The topological polar surface area (TPSA) is 59.0 Å². The van der Waals surface area contributed by atoms with Crippen LogP contribution in [0.5, 0.6) is 5.75 Å². The zero-order chi connectivity index (χ0) is 27.1. The second-order valence-corrected chi connectivity index (χ2v) is 14.2. The molecule has 1 N–H and O–H groups in total. The van der Waals surface area contributed by atoms with Crippen molar-refractivity contribution in [2.75, 3.05) is 26.5 Å². The number of hydrogen-bond donors (Lipinski definition) is 1. The molecule has 0 radical (unpaired) electrons. The summed E-state index contributed by atoms with van der Waals surface area (Å²) in [5.41, 5.74) is 4.01. The van der Waals surface area contributed by atoms with E-state index in [1.54, 1.807) is 30.8 Å². The van der Waals surface area contributed by atoms with Crippen molar-refractivity contribution >= 4 is 29.3 Å². The minimum atomic E-state index is -0.566. The average molecular weight is 667 g/mol. The van der Waals surface area contributed by atoms with Gasteiger partial charge in [0.05, 0.1) is 0 Å². The van der Waals surface area contributed by atoms with E-state index in [0.717, 1.165) is 51.0 Å². The Hall–Kier alpha value is -1.78. The summed E-state index contributed by atoms with van der Waals surface area (Å²) in [6.45, 7) is 2.62. The van der Waals surface area contributed by atoms with E-state index >= 15 is 0 Å². The van der Waals surface area contributed by atoms with Crippen molar-refractivity contribution in [1.29, 1.82) is 0 Å².